The van der Waals surface area contributed by atoms with Crippen LogP contribution in [0.25, 0.3) is 0 Å². The van der Waals surface area contributed by atoms with Gasteiger partial charge in [0.1, 0.15) is 6.04 Å². The number of carbonyl (C=O) groups excluding carboxylic acids is 1. The predicted molar refractivity (Wildman–Crippen MR) is 130 cm³/mol. The zero-order valence-electron chi connectivity index (χ0n) is 19.3. The highest BCUT2D eigenvalue weighted by Gasteiger charge is 2.27. The maximum absolute atomic E-state index is 13.1. The highest BCUT2D eigenvalue weighted by Crippen LogP contribution is 2.35. The minimum atomic E-state index is -0.461. The summed E-state index contributed by atoms with van der Waals surface area (Å²) in [6.07, 6.45) is 1.83. The molecule has 1 unspecified atom stereocenters. The van der Waals surface area contributed by atoms with Gasteiger partial charge in [-0.1, -0.05) is 60.2 Å². The van der Waals surface area contributed by atoms with Crippen LogP contribution in [0.2, 0.25) is 0 Å². The van der Waals surface area contributed by atoms with Crippen molar-refractivity contribution < 1.29 is 14.3 Å². The first-order valence-electron chi connectivity index (χ1n) is 10.9. The topological polar surface area (TPSA) is 50.8 Å². The molecule has 5 heteroatoms. The van der Waals surface area contributed by atoms with Crippen molar-refractivity contribution in [3.63, 3.8) is 0 Å². The molecule has 0 aromatic heterocycles. The molecule has 168 valence electrons. The number of carbonyl (C=O) groups is 1. The molecule has 0 saturated heterocycles. The van der Waals surface area contributed by atoms with Gasteiger partial charge >= 0.3 is 0 Å². The summed E-state index contributed by atoms with van der Waals surface area (Å²) in [5.41, 5.74) is 4.39. The summed E-state index contributed by atoms with van der Waals surface area (Å²) >= 11 is 0. The van der Waals surface area contributed by atoms with E-state index >= 15 is 0 Å². The molecule has 1 atom stereocenters. The van der Waals surface area contributed by atoms with E-state index in [1.165, 1.54) is 11.1 Å². The molecule has 0 saturated carbocycles. The Morgan fingerprint density at radius 2 is 1.62 bits per heavy atom. The van der Waals surface area contributed by atoms with Crippen molar-refractivity contribution in [3.05, 3.63) is 89.5 Å². The number of ether oxygens (including phenoxy) is 2. The van der Waals surface area contributed by atoms with Crippen LogP contribution in [0.5, 0.6) is 11.5 Å². The van der Waals surface area contributed by atoms with Crippen molar-refractivity contribution in [1.82, 2.24) is 5.32 Å². The number of amides is 1. The molecule has 0 aliphatic rings. The fraction of sp³-hybridized carbons (Fsp3) is 0.296. The second-order valence-electron chi connectivity index (χ2n) is 7.75. The van der Waals surface area contributed by atoms with Gasteiger partial charge in [0.05, 0.1) is 14.2 Å². The summed E-state index contributed by atoms with van der Waals surface area (Å²) in [4.78, 5) is 15.2. The fourth-order valence-electron chi connectivity index (χ4n) is 3.86. The second kappa shape index (κ2) is 11.2. The van der Waals surface area contributed by atoms with Crippen molar-refractivity contribution in [2.24, 2.45) is 0 Å². The number of hydrogen-bond donors (Lipinski definition) is 1. The molecule has 3 aromatic carbocycles. The highest BCUT2D eigenvalue weighted by molar-refractivity contribution is 5.86. The lowest BCUT2D eigenvalue weighted by atomic mass is 10.0. The van der Waals surface area contributed by atoms with Gasteiger partial charge in [-0.15, -0.1) is 0 Å². The number of methoxy groups -OCH3 is 2. The molecule has 5 nitrogen and oxygen atoms in total. The van der Waals surface area contributed by atoms with Gasteiger partial charge in [-0.2, -0.15) is 0 Å². The van der Waals surface area contributed by atoms with Gasteiger partial charge in [0, 0.05) is 25.3 Å². The predicted octanol–water partition coefficient (Wildman–Crippen LogP) is 4.94. The Morgan fingerprint density at radius 1 is 0.938 bits per heavy atom. The molecule has 0 spiro atoms. The first kappa shape index (κ1) is 23.2. The smallest absolute Gasteiger partial charge is 0.247 e. The molecule has 0 heterocycles. The van der Waals surface area contributed by atoms with Crippen molar-refractivity contribution >= 4 is 11.6 Å². The Kier molecular flexibility index (Phi) is 8.14. The van der Waals surface area contributed by atoms with Gasteiger partial charge in [0.25, 0.3) is 0 Å². The lowest BCUT2D eigenvalue weighted by Crippen LogP contribution is -2.40. The number of nitrogens with one attached hydrogen (secondary N) is 1. The van der Waals surface area contributed by atoms with Crippen LogP contribution in [0.3, 0.4) is 0 Å². The molecular formula is C27H32N2O3. The molecule has 1 amide bonds. The first-order valence-corrected chi connectivity index (χ1v) is 10.9. The SMILES string of the molecule is CNC(=O)C(c1ccccc1)N(CCCc1ccc(C)cc1)c1ccc(OC)c(OC)c1. The molecular weight excluding hydrogens is 400 g/mol. The van der Waals surface area contributed by atoms with Crippen LogP contribution in [-0.4, -0.2) is 33.7 Å². The largest absolute Gasteiger partial charge is 0.493 e. The van der Waals surface area contributed by atoms with E-state index < -0.39 is 6.04 Å². The van der Waals surface area contributed by atoms with E-state index in [1.807, 2.05) is 48.5 Å². The van der Waals surface area contributed by atoms with E-state index in [0.717, 1.165) is 24.1 Å². The van der Waals surface area contributed by atoms with Gasteiger partial charge in [-0.25, -0.2) is 0 Å². The number of benzene rings is 3. The number of hydrogen-bond acceptors (Lipinski definition) is 4. The van der Waals surface area contributed by atoms with E-state index in [2.05, 4.69) is 41.4 Å². The average Bonchev–Trinajstić information content (AvgIpc) is 2.84. The van der Waals surface area contributed by atoms with Crippen LogP contribution >= 0.6 is 0 Å². The molecule has 0 fully saturated rings. The maximum Gasteiger partial charge on any atom is 0.247 e. The summed E-state index contributed by atoms with van der Waals surface area (Å²) in [5.74, 6) is 1.24. The molecule has 32 heavy (non-hydrogen) atoms. The monoisotopic (exact) mass is 432 g/mol. The Morgan fingerprint density at radius 3 is 2.25 bits per heavy atom. The number of nitrogens with zero attached hydrogens (tertiary/aromatic N) is 1. The molecule has 3 rings (SSSR count). The van der Waals surface area contributed by atoms with Gasteiger partial charge in [0.15, 0.2) is 11.5 Å². The quantitative estimate of drug-likeness (QED) is 0.493. The molecule has 0 aliphatic heterocycles. The minimum absolute atomic E-state index is 0.0543. The second-order valence-corrected chi connectivity index (χ2v) is 7.75. The summed E-state index contributed by atoms with van der Waals surface area (Å²) in [5, 5.41) is 2.84. The average molecular weight is 433 g/mol. The van der Waals surface area contributed by atoms with E-state index in [0.29, 0.717) is 18.0 Å². The number of anilines is 1. The minimum Gasteiger partial charge on any atom is -0.493 e. The van der Waals surface area contributed by atoms with Gasteiger partial charge in [-0.05, 0) is 43.0 Å². The maximum atomic E-state index is 13.1. The third-order valence-electron chi connectivity index (χ3n) is 5.61. The van der Waals surface area contributed by atoms with Crippen LogP contribution in [-0.2, 0) is 11.2 Å². The Hall–Kier alpha value is -3.47. The van der Waals surface area contributed by atoms with Gasteiger partial charge < -0.3 is 19.7 Å². The van der Waals surface area contributed by atoms with Crippen LogP contribution in [0.1, 0.15) is 29.2 Å². The Balaban J connectivity index is 1.95. The third kappa shape index (κ3) is 5.61. The van der Waals surface area contributed by atoms with Crippen molar-refractivity contribution in [2.75, 3.05) is 32.7 Å². The van der Waals surface area contributed by atoms with Crippen LogP contribution in [0.4, 0.5) is 5.69 Å². The lowest BCUT2D eigenvalue weighted by Gasteiger charge is -2.33. The van der Waals surface area contributed by atoms with E-state index in [-0.39, 0.29) is 5.91 Å². The summed E-state index contributed by atoms with van der Waals surface area (Å²) in [7, 11) is 4.92. The van der Waals surface area contributed by atoms with Crippen molar-refractivity contribution in [1.29, 1.82) is 0 Å². The van der Waals surface area contributed by atoms with Crippen molar-refractivity contribution in [2.45, 2.75) is 25.8 Å². The highest BCUT2D eigenvalue weighted by atomic mass is 16.5. The lowest BCUT2D eigenvalue weighted by molar-refractivity contribution is -0.122. The number of aryl methyl sites for hydroxylation is 2. The van der Waals surface area contributed by atoms with Crippen molar-refractivity contribution in [3.8, 4) is 11.5 Å². The number of likely N-dealkylation sites (N-methyl/N-ethyl adjacent to an activating group) is 1. The van der Waals surface area contributed by atoms with E-state index in [1.54, 1.807) is 21.3 Å². The van der Waals surface area contributed by atoms with Crippen LogP contribution in [0.15, 0.2) is 72.8 Å². The Labute approximate surface area is 191 Å². The zero-order chi connectivity index (χ0) is 22.9. The molecule has 1 N–H and O–H groups in total. The van der Waals surface area contributed by atoms with E-state index in [9.17, 15) is 4.79 Å². The van der Waals surface area contributed by atoms with E-state index in [4.69, 9.17) is 9.47 Å². The van der Waals surface area contributed by atoms with Crippen LogP contribution < -0.4 is 19.7 Å². The molecule has 0 aliphatic carbocycles. The first-order chi connectivity index (χ1) is 15.6. The normalized spacial score (nSPS) is 11.5. The van der Waals surface area contributed by atoms with Gasteiger partial charge in [0.2, 0.25) is 5.91 Å². The standard InChI is InChI=1S/C27H32N2O3/c1-20-12-14-21(15-13-20)9-8-18-29(23-16-17-24(31-3)25(19-23)32-4)26(27(30)28-2)22-10-6-5-7-11-22/h5-7,10-17,19,26H,8-9,18H2,1-4H3,(H,28,30). The Bertz CT molecular complexity index is 1000. The summed E-state index contributed by atoms with van der Waals surface area (Å²) < 4.78 is 10.9. The zero-order valence-corrected chi connectivity index (χ0v) is 19.3. The molecule has 0 radical (unpaired) electrons. The fourth-order valence-corrected chi connectivity index (χ4v) is 3.86. The summed E-state index contributed by atoms with van der Waals surface area (Å²) in [6.45, 7) is 2.80. The molecule has 3 aromatic rings. The van der Waals surface area contributed by atoms with Gasteiger partial charge in [-0.3, -0.25) is 4.79 Å². The van der Waals surface area contributed by atoms with Crippen LogP contribution in [0, 0.1) is 6.92 Å². The number of rotatable bonds is 10. The molecule has 0 bridgehead atoms. The summed E-state index contributed by atoms with van der Waals surface area (Å²) in [6, 6.07) is 23.8. The third-order valence-corrected chi connectivity index (χ3v) is 5.61.